The van der Waals surface area contributed by atoms with Crippen LogP contribution in [0.1, 0.15) is 59.9 Å². The summed E-state index contributed by atoms with van der Waals surface area (Å²) in [7, 11) is -3.91. The molecule has 0 fully saturated rings. The smallest absolute Gasteiger partial charge is 0.338 e. The highest BCUT2D eigenvalue weighted by atomic mass is 32.2. The van der Waals surface area contributed by atoms with Crippen molar-refractivity contribution in [2.24, 2.45) is 5.92 Å². The van der Waals surface area contributed by atoms with Crippen molar-refractivity contribution in [3.8, 4) is 0 Å². The monoisotopic (exact) mass is 446 g/mol. The number of sulfonamides is 1. The Morgan fingerprint density at radius 3 is 2.35 bits per heavy atom. The van der Waals surface area contributed by atoms with E-state index in [0.717, 1.165) is 12.8 Å². The van der Waals surface area contributed by atoms with E-state index in [1.165, 1.54) is 36.4 Å². The highest BCUT2D eigenvalue weighted by Gasteiger charge is 2.19. The van der Waals surface area contributed by atoms with Crippen LogP contribution in [-0.4, -0.2) is 33.4 Å². The molecule has 0 heterocycles. The number of anilines is 1. The Balaban J connectivity index is 2.14. The van der Waals surface area contributed by atoms with Crippen LogP contribution in [0.2, 0.25) is 0 Å². The Hall–Kier alpha value is -2.87. The summed E-state index contributed by atoms with van der Waals surface area (Å²) < 4.78 is 33.2. The lowest BCUT2D eigenvalue weighted by atomic mass is 10.1. The molecule has 0 saturated heterocycles. The lowest BCUT2D eigenvalue weighted by Crippen LogP contribution is -2.28. The van der Waals surface area contributed by atoms with Crippen LogP contribution in [0.3, 0.4) is 0 Å². The van der Waals surface area contributed by atoms with E-state index >= 15 is 0 Å². The van der Waals surface area contributed by atoms with Gasteiger partial charge < -0.3 is 10.1 Å². The van der Waals surface area contributed by atoms with Gasteiger partial charge in [-0.3, -0.25) is 9.52 Å². The van der Waals surface area contributed by atoms with Crippen molar-refractivity contribution in [3.05, 3.63) is 59.2 Å². The molecule has 31 heavy (non-hydrogen) atoms. The Morgan fingerprint density at radius 2 is 1.74 bits per heavy atom. The molecule has 7 nitrogen and oxygen atoms in total. The van der Waals surface area contributed by atoms with E-state index in [-0.39, 0.29) is 16.7 Å². The molecule has 2 aromatic rings. The zero-order valence-corrected chi connectivity index (χ0v) is 19.2. The Bertz CT molecular complexity index is 1010. The fourth-order valence-corrected chi connectivity index (χ4v) is 3.77. The second-order valence-electron chi connectivity index (χ2n) is 7.75. The number of nitrogens with one attached hydrogen (secondary N) is 2. The summed E-state index contributed by atoms with van der Waals surface area (Å²) in [6, 6.07) is 10.4. The molecule has 0 aliphatic carbocycles. The first-order valence-electron chi connectivity index (χ1n) is 10.3. The number of rotatable bonds is 10. The van der Waals surface area contributed by atoms with Crippen LogP contribution in [0.15, 0.2) is 47.4 Å². The standard InChI is InChI=1S/C23H30N2O5S/c1-5-6-13-30-23(27)18-8-10-19(11-9-18)25-31(28,29)20-12-7-17(4)21(14-20)22(26)24-15-16(2)3/h7-12,14,16,25H,5-6,13,15H2,1-4H3,(H,24,26). The van der Waals surface area contributed by atoms with Gasteiger partial charge in [-0.1, -0.05) is 33.3 Å². The molecule has 0 spiro atoms. The van der Waals surface area contributed by atoms with E-state index in [1.54, 1.807) is 13.0 Å². The highest BCUT2D eigenvalue weighted by molar-refractivity contribution is 7.92. The van der Waals surface area contributed by atoms with Gasteiger partial charge in [-0.15, -0.1) is 0 Å². The van der Waals surface area contributed by atoms with Crippen molar-refractivity contribution >= 4 is 27.6 Å². The first kappa shape index (κ1) is 24.4. The number of carbonyl (C=O) groups excluding carboxylic acids is 2. The molecule has 1 amide bonds. The third kappa shape index (κ3) is 7.10. The minimum atomic E-state index is -3.91. The molecule has 0 aliphatic heterocycles. The van der Waals surface area contributed by atoms with Gasteiger partial charge in [-0.05, 0) is 61.2 Å². The number of benzene rings is 2. The summed E-state index contributed by atoms with van der Waals surface area (Å²) in [5, 5.41) is 2.80. The SMILES string of the molecule is CCCCOC(=O)c1ccc(NS(=O)(=O)c2ccc(C)c(C(=O)NCC(C)C)c2)cc1. The number of esters is 1. The number of ether oxygens (including phenoxy) is 1. The molecule has 2 N–H and O–H groups in total. The number of amides is 1. The van der Waals surface area contributed by atoms with Crippen molar-refractivity contribution < 1.29 is 22.7 Å². The van der Waals surface area contributed by atoms with E-state index in [4.69, 9.17) is 4.74 Å². The summed E-state index contributed by atoms with van der Waals surface area (Å²) in [5.41, 5.74) is 1.65. The molecule has 2 aromatic carbocycles. The van der Waals surface area contributed by atoms with Crippen LogP contribution < -0.4 is 10.0 Å². The first-order chi connectivity index (χ1) is 14.6. The Kier molecular flexibility index (Phi) is 8.62. The van der Waals surface area contributed by atoms with Gasteiger partial charge >= 0.3 is 5.97 Å². The predicted octanol–water partition coefficient (Wildman–Crippen LogP) is 4.14. The van der Waals surface area contributed by atoms with E-state index < -0.39 is 16.0 Å². The summed E-state index contributed by atoms with van der Waals surface area (Å²) in [5.74, 6) is -0.475. The summed E-state index contributed by atoms with van der Waals surface area (Å²) in [4.78, 5) is 24.4. The van der Waals surface area contributed by atoms with Crippen LogP contribution >= 0.6 is 0 Å². The van der Waals surface area contributed by atoms with Gasteiger partial charge in [0, 0.05) is 17.8 Å². The molecule has 0 radical (unpaired) electrons. The van der Waals surface area contributed by atoms with Crippen molar-refractivity contribution in [2.75, 3.05) is 17.9 Å². The molecule has 0 unspecified atom stereocenters. The second-order valence-corrected chi connectivity index (χ2v) is 9.44. The summed E-state index contributed by atoms with van der Waals surface area (Å²) in [6.45, 7) is 8.57. The van der Waals surface area contributed by atoms with Gasteiger partial charge in [0.15, 0.2) is 0 Å². The lowest BCUT2D eigenvalue weighted by molar-refractivity contribution is 0.0499. The Morgan fingerprint density at radius 1 is 1.06 bits per heavy atom. The second kappa shape index (κ2) is 10.9. The third-order valence-corrected chi connectivity index (χ3v) is 5.92. The van der Waals surface area contributed by atoms with E-state index in [9.17, 15) is 18.0 Å². The van der Waals surface area contributed by atoms with Crippen molar-refractivity contribution in [2.45, 2.75) is 45.4 Å². The van der Waals surface area contributed by atoms with Crippen LogP contribution in [0, 0.1) is 12.8 Å². The molecule has 0 saturated carbocycles. The average Bonchev–Trinajstić information content (AvgIpc) is 2.72. The zero-order chi connectivity index (χ0) is 23.0. The van der Waals surface area contributed by atoms with Gasteiger partial charge in [-0.25, -0.2) is 13.2 Å². The normalized spacial score (nSPS) is 11.3. The van der Waals surface area contributed by atoms with Gasteiger partial charge in [0.1, 0.15) is 0 Å². The fourth-order valence-electron chi connectivity index (χ4n) is 2.69. The summed E-state index contributed by atoms with van der Waals surface area (Å²) in [6.07, 6.45) is 1.71. The van der Waals surface area contributed by atoms with Crippen molar-refractivity contribution in [3.63, 3.8) is 0 Å². The maximum absolute atomic E-state index is 12.8. The van der Waals surface area contributed by atoms with Crippen LogP contribution in [-0.2, 0) is 14.8 Å². The molecule has 0 bridgehead atoms. The van der Waals surface area contributed by atoms with Crippen LogP contribution in [0.4, 0.5) is 5.69 Å². The highest BCUT2D eigenvalue weighted by Crippen LogP contribution is 2.20. The van der Waals surface area contributed by atoms with Gasteiger partial charge in [0.2, 0.25) is 0 Å². The predicted molar refractivity (Wildman–Crippen MR) is 121 cm³/mol. The molecular formula is C23H30N2O5S. The minimum Gasteiger partial charge on any atom is -0.462 e. The molecular weight excluding hydrogens is 416 g/mol. The van der Waals surface area contributed by atoms with E-state index in [0.29, 0.717) is 35.5 Å². The van der Waals surface area contributed by atoms with E-state index in [2.05, 4.69) is 10.0 Å². The largest absolute Gasteiger partial charge is 0.462 e. The van der Waals surface area contributed by atoms with Gasteiger partial charge in [-0.2, -0.15) is 0 Å². The van der Waals surface area contributed by atoms with Crippen molar-refractivity contribution in [1.29, 1.82) is 0 Å². The van der Waals surface area contributed by atoms with Crippen molar-refractivity contribution in [1.82, 2.24) is 5.32 Å². The van der Waals surface area contributed by atoms with Crippen LogP contribution in [0.5, 0.6) is 0 Å². The molecule has 0 aromatic heterocycles. The number of aryl methyl sites for hydroxylation is 1. The summed E-state index contributed by atoms with van der Waals surface area (Å²) >= 11 is 0. The first-order valence-corrected chi connectivity index (χ1v) is 11.8. The number of unbranched alkanes of at least 4 members (excludes halogenated alkanes) is 1. The van der Waals surface area contributed by atoms with Crippen LogP contribution in [0.25, 0.3) is 0 Å². The number of carbonyl (C=O) groups is 2. The molecule has 168 valence electrons. The Labute approximate surface area is 184 Å². The quantitative estimate of drug-likeness (QED) is 0.422. The third-order valence-electron chi connectivity index (χ3n) is 4.54. The molecule has 8 heteroatoms. The minimum absolute atomic E-state index is 0.0177. The van der Waals surface area contributed by atoms with E-state index in [1.807, 2.05) is 20.8 Å². The molecule has 0 atom stereocenters. The molecule has 0 aliphatic rings. The zero-order valence-electron chi connectivity index (χ0n) is 18.4. The lowest BCUT2D eigenvalue weighted by Gasteiger charge is -2.13. The molecule has 2 rings (SSSR count). The maximum Gasteiger partial charge on any atom is 0.338 e. The fraction of sp³-hybridized carbons (Fsp3) is 0.391. The van der Waals surface area contributed by atoms with Gasteiger partial charge in [0.25, 0.3) is 15.9 Å². The topological polar surface area (TPSA) is 102 Å². The number of hydrogen-bond acceptors (Lipinski definition) is 5. The maximum atomic E-state index is 12.8. The number of hydrogen-bond donors (Lipinski definition) is 2. The van der Waals surface area contributed by atoms with Gasteiger partial charge in [0.05, 0.1) is 17.1 Å². The average molecular weight is 447 g/mol.